The van der Waals surface area contributed by atoms with E-state index in [0.29, 0.717) is 54.9 Å². The van der Waals surface area contributed by atoms with Gasteiger partial charge in [-0.1, -0.05) is 0 Å². The number of nitrogens with zero attached hydrogens (tertiary/aromatic N) is 3. The van der Waals surface area contributed by atoms with Gasteiger partial charge in [0, 0.05) is 30.4 Å². The van der Waals surface area contributed by atoms with Crippen molar-refractivity contribution in [1.29, 1.82) is 0 Å². The van der Waals surface area contributed by atoms with Crippen LogP contribution in [0, 0.1) is 5.82 Å². The molecule has 202 valence electrons. The minimum absolute atomic E-state index is 0.00568. The molecule has 1 saturated heterocycles. The number of halogens is 1. The molecule has 0 spiro atoms. The van der Waals surface area contributed by atoms with Gasteiger partial charge in [0.1, 0.15) is 16.4 Å². The van der Waals surface area contributed by atoms with Crippen molar-refractivity contribution in [1.82, 2.24) is 15.3 Å². The average molecular weight is 542 g/mol. The third-order valence-electron chi connectivity index (χ3n) is 6.53. The number of hydrogen-bond donors (Lipinski definition) is 2. The lowest BCUT2D eigenvalue weighted by Gasteiger charge is -2.35. The quantitative estimate of drug-likeness (QED) is 0.427. The molecule has 2 aromatic carbocycles. The standard InChI is InChI=1S/C27H32FN5O4S/c1-5-29-26(34)30-21-10-6-19(7-11-21)25-31-23(16-24(32-25)33-14-15-37-17-18(33)2)27(3,4)38(35,36)22-12-8-20(28)9-13-22/h6-13,16,18H,5,14-15,17H2,1-4H3,(H2,29,30,34)/t18-/m0/s1. The fourth-order valence-corrected chi connectivity index (χ4v) is 5.63. The summed E-state index contributed by atoms with van der Waals surface area (Å²) in [7, 11) is -3.95. The lowest BCUT2D eigenvalue weighted by Crippen LogP contribution is -2.44. The van der Waals surface area contributed by atoms with E-state index in [9.17, 15) is 17.6 Å². The first kappa shape index (κ1) is 27.5. The maximum atomic E-state index is 13.7. The van der Waals surface area contributed by atoms with Gasteiger partial charge in [-0.25, -0.2) is 27.6 Å². The summed E-state index contributed by atoms with van der Waals surface area (Å²) < 4.78 is 45.0. The topological polar surface area (TPSA) is 114 Å². The van der Waals surface area contributed by atoms with Gasteiger partial charge in [-0.05, 0) is 76.2 Å². The van der Waals surface area contributed by atoms with Crippen molar-refractivity contribution in [2.45, 2.75) is 43.4 Å². The molecule has 2 N–H and O–H groups in total. The van der Waals surface area contributed by atoms with Crippen molar-refractivity contribution in [3.05, 3.63) is 66.1 Å². The van der Waals surface area contributed by atoms with E-state index in [1.165, 1.54) is 12.1 Å². The Morgan fingerprint density at radius 1 is 1.13 bits per heavy atom. The highest BCUT2D eigenvalue weighted by Crippen LogP contribution is 2.36. The van der Waals surface area contributed by atoms with E-state index < -0.39 is 20.4 Å². The Labute approximate surface area is 222 Å². The Morgan fingerprint density at radius 3 is 2.45 bits per heavy atom. The van der Waals surface area contributed by atoms with Crippen LogP contribution < -0.4 is 15.5 Å². The second-order valence-corrected chi connectivity index (χ2v) is 12.1. The fourth-order valence-electron chi connectivity index (χ4n) is 4.17. The van der Waals surface area contributed by atoms with Crippen LogP contribution in [0.1, 0.15) is 33.4 Å². The SMILES string of the molecule is CCNC(=O)Nc1ccc(-c2nc(N3CCOC[C@@H]3C)cc(C(C)(C)S(=O)(=O)c3ccc(F)cc3)n2)cc1. The van der Waals surface area contributed by atoms with Crippen LogP contribution in [0.5, 0.6) is 0 Å². The van der Waals surface area contributed by atoms with E-state index in [-0.39, 0.29) is 17.0 Å². The maximum absolute atomic E-state index is 13.7. The van der Waals surface area contributed by atoms with Crippen LogP contribution >= 0.6 is 0 Å². The number of amides is 2. The third kappa shape index (κ3) is 5.63. The summed E-state index contributed by atoms with van der Waals surface area (Å²) in [6.07, 6.45) is 0. The van der Waals surface area contributed by atoms with Gasteiger partial charge in [-0.2, -0.15) is 0 Å². The monoisotopic (exact) mass is 541 g/mol. The molecule has 4 rings (SSSR count). The number of sulfone groups is 1. The number of urea groups is 1. The lowest BCUT2D eigenvalue weighted by atomic mass is 10.1. The molecule has 2 amide bonds. The molecule has 9 nitrogen and oxygen atoms in total. The van der Waals surface area contributed by atoms with Gasteiger partial charge < -0.3 is 20.3 Å². The number of anilines is 2. The number of carbonyl (C=O) groups excluding carboxylic acids is 1. The summed E-state index contributed by atoms with van der Waals surface area (Å²) >= 11 is 0. The van der Waals surface area contributed by atoms with Crippen LogP contribution in [0.2, 0.25) is 0 Å². The van der Waals surface area contributed by atoms with Crippen molar-refractivity contribution in [2.75, 3.05) is 36.5 Å². The third-order valence-corrected chi connectivity index (χ3v) is 8.97. The first-order valence-electron chi connectivity index (χ1n) is 12.4. The second-order valence-electron chi connectivity index (χ2n) is 9.58. The molecule has 38 heavy (non-hydrogen) atoms. The van der Waals surface area contributed by atoms with Gasteiger partial charge in [0.2, 0.25) is 0 Å². The molecule has 1 fully saturated rings. The van der Waals surface area contributed by atoms with Gasteiger partial charge in [0.05, 0.1) is 29.8 Å². The summed E-state index contributed by atoms with van der Waals surface area (Å²) in [5, 5.41) is 5.42. The van der Waals surface area contributed by atoms with Crippen molar-refractivity contribution in [2.24, 2.45) is 0 Å². The average Bonchev–Trinajstić information content (AvgIpc) is 2.89. The lowest BCUT2D eigenvalue weighted by molar-refractivity contribution is 0.0985. The van der Waals surface area contributed by atoms with Crippen LogP contribution in [0.25, 0.3) is 11.4 Å². The Balaban J connectivity index is 1.78. The Hall–Kier alpha value is -3.57. The van der Waals surface area contributed by atoms with Gasteiger partial charge in [-0.3, -0.25) is 0 Å². The normalized spacial score (nSPS) is 16.2. The number of rotatable bonds is 7. The minimum atomic E-state index is -3.95. The summed E-state index contributed by atoms with van der Waals surface area (Å²) in [6, 6.07) is 13.2. The number of nitrogens with one attached hydrogen (secondary N) is 2. The summed E-state index contributed by atoms with van der Waals surface area (Å²) in [5.41, 5.74) is 1.56. The Kier molecular flexibility index (Phi) is 7.98. The smallest absolute Gasteiger partial charge is 0.319 e. The molecular weight excluding hydrogens is 509 g/mol. The molecule has 1 aliphatic heterocycles. The minimum Gasteiger partial charge on any atom is -0.377 e. The number of aromatic nitrogens is 2. The van der Waals surface area contributed by atoms with E-state index in [2.05, 4.69) is 15.5 Å². The first-order valence-corrected chi connectivity index (χ1v) is 13.9. The maximum Gasteiger partial charge on any atom is 0.319 e. The van der Waals surface area contributed by atoms with Crippen molar-refractivity contribution in [3.63, 3.8) is 0 Å². The molecule has 3 aromatic rings. The molecule has 0 bridgehead atoms. The molecule has 0 radical (unpaired) electrons. The zero-order valence-electron chi connectivity index (χ0n) is 21.9. The number of carbonyl (C=O) groups is 1. The highest BCUT2D eigenvalue weighted by molar-refractivity contribution is 7.92. The van der Waals surface area contributed by atoms with Crippen LogP contribution in [0.3, 0.4) is 0 Å². The molecule has 11 heteroatoms. The van der Waals surface area contributed by atoms with Crippen molar-refractivity contribution < 1.29 is 22.3 Å². The van der Waals surface area contributed by atoms with E-state index in [4.69, 9.17) is 14.7 Å². The van der Waals surface area contributed by atoms with E-state index in [1.807, 2.05) is 13.8 Å². The van der Waals surface area contributed by atoms with E-state index >= 15 is 0 Å². The molecule has 2 heterocycles. The van der Waals surface area contributed by atoms with E-state index in [0.717, 1.165) is 12.1 Å². The van der Waals surface area contributed by atoms with Crippen molar-refractivity contribution in [3.8, 4) is 11.4 Å². The van der Waals surface area contributed by atoms with Gasteiger partial charge >= 0.3 is 6.03 Å². The van der Waals surface area contributed by atoms with Crippen LogP contribution in [0.15, 0.2) is 59.5 Å². The van der Waals surface area contributed by atoms with E-state index in [1.54, 1.807) is 44.2 Å². The number of benzene rings is 2. The predicted molar refractivity (Wildman–Crippen MR) is 144 cm³/mol. The molecule has 0 unspecified atom stereocenters. The van der Waals surface area contributed by atoms with Crippen molar-refractivity contribution >= 4 is 27.4 Å². The van der Waals surface area contributed by atoms with Crippen LogP contribution in [0.4, 0.5) is 20.7 Å². The molecule has 1 atom stereocenters. The predicted octanol–water partition coefficient (Wildman–Crippen LogP) is 4.36. The van der Waals surface area contributed by atoms with Crippen LogP contribution in [-0.4, -0.2) is 56.8 Å². The van der Waals surface area contributed by atoms with Gasteiger partial charge in [-0.15, -0.1) is 0 Å². The number of hydrogen-bond acceptors (Lipinski definition) is 7. The molecular formula is C27H32FN5O4S. The van der Waals surface area contributed by atoms with Crippen LogP contribution in [-0.2, 0) is 19.3 Å². The largest absolute Gasteiger partial charge is 0.377 e. The van der Waals surface area contributed by atoms with Gasteiger partial charge in [0.15, 0.2) is 15.7 Å². The number of morpholine rings is 1. The Morgan fingerprint density at radius 2 is 1.82 bits per heavy atom. The molecule has 0 saturated carbocycles. The highest BCUT2D eigenvalue weighted by atomic mass is 32.2. The highest BCUT2D eigenvalue weighted by Gasteiger charge is 2.40. The Bertz CT molecular complexity index is 1400. The fraction of sp³-hybridized carbons (Fsp3) is 0.370. The number of ether oxygens (including phenoxy) is 1. The zero-order valence-corrected chi connectivity index (χ0v) is 22.7. The van der Waals surface area contributed by atoms with Gasteiger partial charge in [0.25, 0.3) is 0 Å². The molecule has 1 aromatic heterocycles. The molecule has 1 aliphatic rings. The summed E-state index contributed by atoms with van der Waals surface area (Å²) in [4.78, 5) is 23.4. The second kappa shape index (κ2) is 11.0. The zero-order chi connectivity index (χ0) is 27.5. The summed E-state index contributed by atoms with van der Waals surface area (Å²) in [6.45, 7) is 9.16. The first-order chi connectivity index (χ1) is 18.0. The molecule has 0 aliphatic carbocycles. The summed E-state index contributed by atoms with van der Waals surface area (Å²) in [5.74, 6) is 0.427.